The van der Waals surface area contributed by atoms with Crippen molar-refractivity contribution in [2.24, 2.45) is 5.92 Å². The van der Waals surface area contributed by atoms with Gasteiger partial charge in [0.25, 0.3) is 11.8 Å². The summed E-state index contributed by atoms with van der Waals surface area (Å²) in [5.74, 6) is 1.45. The Labute approximate surface area is 349 Å². The summed E-state index contributed by atoms with van der Waals surface area (Å²) in [4.78, 5) is 65.9. The van der Waals surface area contributed by atoms with E-state index in [1.165, 1.54) is 0 Å². The maximum Gasteiger partial charge on any atom is 0.255 e. The number of amides is 4. The van der Waals surface area contributed by atoms with E-state index >= 15 is 0 Å². The number of benzene rings is 2. The number of carbonyl (C=O) groups excluding carboxylic acids is 4. The molecule has 0 spiro atoms. The zero-order valence-corrected chi connectivity index (χ0v) is 34.3. The fourth-order valence-electron chi connectivity index (χ4n) is 9.15. The number of rotatable bonds is 12. The number of hydrogen-bond acceptors (Lipinski definition) is 11. The van der Waals surface area contributed by atoms with Crippen LogP contribution in [-0.2, 0) is 16.1 Å². The average molecular weight is 823 g/mol. The van der Waals surface area contributed by atoms with Crippen LogP contribution >= 0.6 is 11.6 Å². The maximum absolute atomic E-state index is 13.3. The molecule has 4 amide bonds. The van der Waals surface area contributed by atoms with Gasteiger partial charge in [-0.2, -0.15) is 5.26 Å². The van der Waals surface area contributed by atoms with Crippen molar-refractivity contribution < 1.29 is 28.7 Å². The first-order valence-electron chi connectivity index (χ1n) is 21.0. The van der Waals surface area contributed by atoms with E-state index in [-0.39, 0.29) is 42.4 Å². The highest BCUT2D eigenvalue weighted by atomic mass is 35.5. The number of piperidine rings is 2. The van der Waals surface area contributed by atoms with Gasteiger partial charge in [-0.3, -0.25) is 29.4 Å². The molecule has 1 aromatic heterocycles. The smallest absolute Gasteiger partial charge is 0.255 e. The SMILES string of the molecule is CC(C)N(CC1CCN(c2ncc(C(=O)NC3CCC(Oc4ccc(C#N)c(Cl)c4)CC3)cn2)CC1)C1CC(Oc2ccc3c(c2)C(=O)N([C@@H]2CCC(=O)NC2=O)C3)C1. The van der Waals surface area contributed by atoms with Gasteiger partial charge in [-0.05, 0) is 94.5 Å². The summed E-state index contributed by atoms with van der Waals surface area (Å²) < 4.78 is 12.5. The van der Waals surface area contributed by atoms with Crippen molar-refractivity contribution in [3.63, 3.8) is 0 Å². The molecule has 1 atom stereocenters. The fourth-order valence-corrected chi connectivity index (χ4v) is 9.36. The topological polar surface area (TPSA) is 170 Å². The number of nitrogens with one attached hydrogen (secondary N) is 2. The second-order valence-electron chi connectivity index (χ2n) is 16.9. The Morgan fingerprint density at radius 2 is 1.66 bits per heavy atom. The molecular weight excluding hydrogens is 772 g/mol. The quantitative estimate of drug-likeness (QED) is 0.224. The van der Waals surface area contributed by atoms with Crippen LogP contribution in [0.5, 0.6) is 11.5 Å². The molecule has 2 N–H and O–H groups in total. The van der Waals surface area contributed by atoms with Gasteiger partial charge in [0.1, 0.15) is 29.7 Å². The lowest BCUT2D eigenvalue weighted by Crippen LogP contribution is -2.53. The van der Waals surface area contributed by atoms with Crippen LogP contribution in [0.1, 0.15) is 110 Å². The highest BCUT2D eigenvalue weighted by molar-refractivity contribution is 6.31. The Kier molecular flexibility index (Phi) is 12.0. The van der Waals surface area contributed by atoms with Crippen LogP contribution < -0.4 is 25.0 Å². The van der Waals surface area contributed by atoms with Crippen LogP contribution in [0.15, 0.2) is 48.8 Å². The number of aromatic nitrogens is 2. The van der Waals surface area contributed by atoms with Gasteiger partial charge in [-0.25, -0.2) is 9.97 Å². The number of halogens is 1. The lowest BCUT2D eigenvalue weighted by Gasteiger charge is -2.46. The first-order chi connectivity index (χ1) is 28.5. The largest absolute Gasteiger partial charge is 0.490 e. The van der Waals surface area contributed by atoms with E-state index in [1.54, 1.807) is 41.6 Å². The van der Waals surface area contributed by atoms with Gasteiger partial charge >= 0.3 is 0 Å². The Morgan fingerprint density at radius 3 is 2.34 bits per heavy atom. The molecule has 0 bridgehead atoms. The third-order valence-electron chi connectivity index (χ3n) is 12.6. The van der Waals surface area contributed by atoms with E-state index in [2.05, 4.69) is 50.3 Å². The van der Waals surface area contributed by atoms with Gasteiger partial charge in [0.15, 0.2) is 0 Å². The predicted octanol–water partition coefficient (Wildman–Crippen LogP) is 5.42. The number of fused-ring (bicyclic) bond motifs is 1. The summed E-state index contributed by atoms with van der Waals surface area (Å²) in [7, 11) is 0. The van der Waals surface area contributed by atoms with E-state index in [9.17, 15) is 19.2 Å². The second kappa shape index (κ2) is 17.5. The lowest BCUT2D eigenvalue weighted by atomic mass is 9.85. The molecular formula is C44H51ClN8O6. The van der Waals surface area contributed by atoms with Crippen LogP contribution in [-0.4, -0.2) is 99.4 Å². The first-order valence-corrected chi connectivity index (χ1v) is 21.3. The lowest BCUT2D eigenvalue weighted by molar-refractivity contribution is -0.136. The summed E-state index contributed by atoms with van der Waals surface area (Å²) in [6.45, 7) is 7.60. The van der Waals surface area contributed by atoms with E-state index in [0.29, 0.717) is 70.1 Å². The summed E-state index contributed by atoms with van der Waals surface area (Å²) in [5.41, 5.74) is 2.30. The van der Waals surface area contributed by atoms with E-state index in [0.717, 1.165) is 76.6 Å². The number of imide groups is 1. The molecule has 5 aliphatic rings. The molecule has 59 heavy (non-hydrogen) atoms. The Hall–Kier alpha value is -5.26. The number of nitriles is 1. The first kappa shape index (κ1) is 40.5. The second-order valence-corrected chi connectivity index (χ2v) is 17.3. The third-order valence-corrected chi connectivity index (χ3v) is 13.0. The molecule has 4 heterocycles. The summed E-state index contributed by atoms with van der Waals surface area (Å²) >= 11 is 6.16. The third kappa shape index (κ3) is 9.16. The molecule has 15 heteroatoms. The molecule has 2 saturated heterocycles. The van der Waals surface area contributed by atoms with Crippen molar-refractivity contribution in [2.75, 3.05) is 24.5 Å². The van der Waals surface area contributed by atoms with Crippen LogP contribution in [0, 0.1) is 17.2 Å². The van der Waals surface area contributed by atoms with Crippen LogP contribution in [0.3, 0.4) is 0 Å². The normalized spacial score (nSPS) is 24.7. The standard InChI is InChI=1S/C44H51ClN8O6/c1-26(2)52(32-17-36(18-32)59-34-8-4-29-25-53(43(57)37(29)19-34)39-11-12-40(54)50-42(39)56)24-27-13-15-51(16-14-27)44-47-22-30(23-48-44)41(55)49-31-5-9-33(10-6-31)58-35-7-3-28(21-46)38(45)20-35/h3-4,7-8,19-20,22-23,26-27,31-33,36,39H,5-6,9-18,24-25H2,1-2H3,(H,49,55)(H,50,54,56)/t31?,32?,33?,36?,39-/m1/s1. The predicted molar refractivity (Wildman–Crippen MR) is 219 cm³/mol. The Bertz CT molecular complexity index is 2100. The molecule has 2 aromatic carbocycles. The van der Waals surface area contributed by atoms with Crippen molar-refractivity contribution in [3.8, 4) is 17.6 Å². The average Bonchev–Trinajstić information content (AvgIpc) is 3.54. The summed E-state index contributed by atoms with van der Waals surface area (Å²) in [6, 6.07) is 13.0. The highest BCUT2D eigenvalue weighted by Gasteiger charge is 2.41. The molecule has 2 aliphatic carbocycles. The summed E-state index contributed by atoms with van der Waals surface area (Å²) in [5, 5.41) is 15.0. The number of hydrogen-bond donors (Lipinski definition) is 2. The van der Waals surface area contributed by atoms with Crippen LogP contribution in [0.25, 0.3) is 0 Å². The highest BCUT2D eigenvalue weighted by Crippen LogP contribution is 2.36. The molecule has 8 rings (SSSR count). The minimum Gasteiger partial charge on any atom is -0.490 e. The minimum absolute atomic E-state index is 0.0271. The van der Waals surface area contributed by atoms with Crippen LogP contribution in [0.2, 0.25) is 5.02 Å². The molecule has 2 saturated carbocycles. The zero-order valence-electron chi connectivity index (χ0n) is 33.6. The van der Waals surface area contributed by atoms with Crippen molar-refractivity contribution in [1.82, 2.24) is 30.4 Å². The van der Waals surface area contributed by atoms with Gasteiger partial charge in [-0.1, -0.05) is 17.7 Å². The Morgan fingerprint density at radius 1 is 0.966 bits per heavy atom. The molecule has 0 radical (unpaired) electrons. The monoisotopic (exact) mass is 822 g/mol. The molecule has 3 aromatic rings. The van der Waals surface area contributed by atoms with E-state index < -0.39 is 11.9 Å². The van der Waals surface area contributed by atoms with Crippen molar-refractivity contribution in [2.45, 2.75) is 121 Å². The van der Waals surface area contributed by atoms with Gasteiger partial charge in [-0.15, -0.1) is 0 Å². The fraction of sp³-hybridized carbons (Fsp3) is 0.523. The summed E-state index contributed by atoms with van der Waals surface area (Å²) in [6.07, 6.45) is 11.0. The van der Waals surface area contributed by atoms with Gasteiger partial charge in [0.05, 0.1) is 22.3 Å². The number of nitrogens with zero attached hydrogens (tertiary/aromatic N) is 6. The van der Waals surface area contributed by atoms with Gasteiger partial charge in [0, 0.05) is 87.6 Å². The van der Waals surface area contributed by atoms with Gasteiger partial charge in [0.2, 0.25) is 17.8 Å². The molecule has 3 aliphatic heterocycles. The molecule has 310 valence electrons. The molecule has 4 fully saturated rings. The van der Waals surface area contributed by atoms with Crippen LogP contribution in [0.4, 0.5) is 5.95 Å². The Balaban J connectivity index is 0.753. The van der Waals surface area contributed by atoms with Crippen molar-refractivity contribution in [3.05, 3.63) is 76.1 Å². The minimum atomic E-state index is -0.631. The van der Waals surface area contributed by atoms with E-state index in [1.807, 2.05) is 12.1 Å². The van der Waals surface area contributed by atoms with Crippen molar-refractivity contribution >= 4 is 41.2 Å². The zero-order chi connectivity index (χ0) is 41.2. The number of ether oxygens (including phenoxy) is 2. The molecule has 14 nitrogen and oxygen atoms in total. The number of anilines is 1. The number of carbonyl (C=O) groups is 4. The maximum atomic E-state index is 13.3. The van der Waals surface area contributed by atoms with Gasteiger partial charge < -0.3 is 24.6 Å². The van der Waals surface area contributed by atoms with Crippen molar-refractivity contribution in [1.29, 1.82) is 5.26 Å². The molecule has 0 unspecified atom stereocenters. The van der Waals surface area contributed by atoms with E-state index in [4.69, 9.17) is 26.3 Å².